The lowest BCUT2D eigenvalue weighted by atomic mass is 9.96. The third-order valence-corrected chi connectivity index (χ3v) is 6.26. The van der Waals surface area contributed by atoms with Crippen LogP contribution in [0.3, 0.4) is 0 Å². The highest BCUT2D eigenvalue weighted by Gasteiger charge is 2.32. The van der Waals surface area contributed by atoms with Crippen molar-refractivity contribution in [2.45, 2.75) is 25.6 Å². The van der Waals surface area contributed by atoms with Gasteiger partial charge in [0.25, 0.3) is 0 Å². The summed E-state index contributed by atoms with van der Waals surface area (Å²) >= 11 is 14.1. The molecule has 0 aliphatic carbocycles. The predicted molar refractivity (Wildman–Crippen MR) is 122 cm³/mol. The van der Waals surface area contributed by atoms with Crippen LogP contribution in [0.15, 0.2) is 58.7 Å². The standard InChI is InChI=1S/C22H19Cl2N3O2S/c1-3-29-21(28)18-13(2)26-22(30-12-15-8-5-4-7-14(15)11-25)27-20(18)16-9-6-10-17(23)19(16)24/h4-10,20H,3,12H2,1-2H3,(H,26,27)/t20-/m0/s1. The molecule has 0 fully saturated rings. The van der Waals surface area contributed by atoms with Crippen molar-refractivity contribution in [1.82, 2.24) is 5.32 Å². The molecule has 2 aromatic carbocycles. The summed E-state index contributed by atoms with van der Waals surface area (Å²) in [5, 5.41) is 13.8. The second-order valence-corrected chi connectivity index (χ2v) is 8.17. The number of nitrogens with one attached hydrogen (secondary N) is 1. The number of thioether (sulfide) groups is 1. The highest BCUT2D eigenvalue weighted by Crippen LogP contribution is 2.39. The Bertz CT molecular complexity index is 1080. The molecule has 0 saturated heterocycles. The Kier molecular flexibility index (Phi) is 7.43. The van der Waals surface area contributed by atoms with Gasteiger partial charge in [-0.3, -0.25) is 0 Å². The van der Waals surface area contributed by atoms with Gasteiger partial charge in [-0.15, -0.1) is 0 Å². The molecule has 0 unspecified atom stereocenters. The number of rotatable bonds is 5. The summed E-state index contributed by atoms with van der Waals surface area (Å²) in [7, 11) is 0. The van der Waals surface area contributed by atoms with Crippen molar-refractivity contribution < 1.29 is 9.53 Å². The molecule has 3 rings (SSSR count). The Morgan fingerprint density at radius 2 is 2.03 bits per heavy atom. The minimum atomic E-state index is -0.648. The van der Waals surface area contributed by atoms with Gasteiger partial charge in [-0.1, -0.05) is 65.3 Å². The molecule has 30 heavy (non-hydrogen) atoms. The van der Waals surface area contributed by atoms with E-state index in [0.29, 0.717) is 43.4 Å². The highest BCUT2D eigenvalue weighted by atomic mass is 35.5. The Labute approximate surface area is 189 Å². The zero-order chi connectivity index (χ0) is 21.7. The van der Waals surface area contributed by atoms with E-state index in [2.05, 4.69) is 11.4 Å². The number of hydrogen-bond acceptors (Lipinski definition) is 6. The number of amidine groups is 1. The maximum Gasteiger partial charge on any atom is 0.338 e. The van der Waals surface area contributed by atoms with Crippen LogP contribution in [0.25, 0.3) is 0 Å². The number of carbonyl (C=O) groups excluding carboxylic acids is 1. The van der Waals surface area contributed by atoms with Gasteiger partial charge in [0.05, 0.1) is 33.9 Å². The summed E-state index contributed by atoms with van der Waals surface area (Å²) in [5.74, 6) is 0.0966. The lowest BCUT2D eigenvalue weighted by Crippen LogP contribution is -2.30. The van der Waals surface area contributed by atoms with Gasteiger partial charge in [0, 0.05) is 17.0 Å². The van der Waals surface area contributed by atoms with Crippen LogP contribution >= 0.6 is 35.0 Å². The minimum Gasteiger partial charge on any atom is -0.463 e. The average Bonchev–Trinajstić information content (AvgIpc) is 2.74. The van der Waals surface area contributed by atoms with Crippen molar-refractivity contribution in [1.29, 1.82) is 5.26 Å². The summed E-state index contributed by atoms with van der Waals surface area (Å²) in [4.78, 5) is 17.4. The molecule has 154 valence electrons. The van der Waals surface area contributed by atoms with E-state index in [9.17, 15) is 10.1 Å². The SMILES string of the molecule is CCOC(=O)C1=C(C)NC(SCc2ccccc2C#N)=N[C@H]1c1cccc(Cl)c1Cl. The van der Waals surface area contributed by atoms with E-state index in [-0.39, 0.29) is 6.61 Å². The van der Waals surface area contributed by atoms with Crippen molar-refractivity contribution in [2.75, 3.05) is 6.61 Å². The van der Waals surface area contributed by atoms with E-state index < -0.39 is 12.0 Å². The van der Waals surface area contributed by atoms with Gasteiger partial charge in [-0.2, -0.15) is 5.26 Å². The molecule has 0 saturated carbocycles. The third kappa shape index (κ3) is 4.81. The lowest BCUT2D eigenvalue weighted by Gasteiger charge is -2.26. The molecule has 0 aromatic heterocycles. The molecule has 0 bridgehead atoms. The van der Waals surface area contributed by atoms with E-state index in [1.54, 1.807) is 38.1 Å². The van der Waals surface area contributed by atoms with Crippen LogP contribution in [0, 0.1) is 11.3 Å². The quantitative estimate of drug-likeness (QED) is 0.585. The number of hydrogen-bond donors (Lipinski definition) is 1. The largest absolute Gasteiger partial charge is 0.463 e. The summed E-state index contributed by atoms with van der Waals surface area (Å²) in [6.07, 6.45) is 0. The third-order valence-electron chi connectivity index (χ3n) is 4.49. The second kappa shape index (κ2) is 10.0. The number of halogens is 2. The molecule has 5 nitrogen and oxygen atoms in total. The van der Waals surface area contributed by atoms with E-state index in [0.717, 1.165) is 5.56 Å². The number of allylic oxidation sites excluding steroid dienone is 1. The molecule has 0 radical (unpaired) electrons. The van der Waals surface area contributed by atoms with Gasteiger partial charge in [0.1, 0.15) is 6.04 Å². The van der Waals surface area contributed by atoms with E-state index in [1.807, 2.05) is 18.2 Å². The maximum atomic E-state index is 12.6. The first-order valence-electron chi connectivity index (χ1n) is 9.23. The van der Waals surface area contributed by atoms with Gasteiger partial charge in [0.15, 0.2) is 5.17 Å². The zero-order valence-corrected chi connectivity index (χ0v) is 18.7. The van der Waals surface area contributed by atoms with E-state index in [1.165, 1.54) is 11.8 Å². The van der Waals surface area contributed by atoms with Crippen LogP contribution in [0.2, 0.25) is 10.0 Å². The number of nitrogens with zero attached hydrogens (tertiary/aromatic N) is 2. The molecule has 2 aromatic rings. The molecule has 1 atom stereocenters. The van der Waals surface area contributed by atoms with Crippen molar-refractivity contribution in [2.24, 2.45) is 4.99 Å². The van der Waals surface area contributed by atoms with Crippen LogP contribution in [0.5, 0.6) is 0 Å². The van der Waals surface area contributed by atoms with Crippen LogP contribution in [0.1, 0.15) is 36.6 Å². The van der Waals surface area contributed by atoms with Gasteiger partial charge in [-0.05, 0) is 31.5 Å². The molecule has 1 aliphatic heterocycles. The molecule has 0 amide bonds. The fourth-order valence-corrected chi connectivity index (χ4v) is 4.41. The summed E-state index contributed by atoms with van der Waals surface area (Å²) in [5.41, 5.74) is 3.19. The Morgan fingerprint density at radius 1 is 1.27 bits per heavy atom. The number of ether oxygens (including phenoxy) is 1. The topological polar surface area (TPSA) is 74.5 Å². The van der Waals surface area contributed by atoms with Gasteiger partial charge < -0.3 is 10.1 Å². The number of carbonyl (C=O) groups is 1. The minimum absolute atomic E-state index is 0.252. The number of benzene rings is 2. The molecular formula is C22H19Cl2N3O2S. The summed E-state index contributed by atoms with van der Waals surface area (Å²) in [6.45, 7) is 3.81. The first-order chi connectivity index (χ1) is 14.5. The highest BCUT2D eigenvalue weighted by molar-refractivity contribution is 8.13. The fourth-order valence-electron chi connectivity index (χ4n) is 3.05. The first-order valence-corrected chi connectivity index (χ1v) is 11.0. The smallest absolute Gasteiger partial charge is 0.338 e. The normalized spacial score (nSPS) is 15.8. The maximum absolute atomic E-state index is 12.6. The van der Waals surface area contributed by atoms with Crippen molar-refractivity contribution in [3.63, 3.8) is 0 Å². The molecule has 8 heteroatoms. The number of aliphatic imine (C=N–C) groups is 1. The zero-order valence-electron chi connectivity index (χ0n) is 16.4. The van der Waals surface area contributed by atoms with Gasteiger partial charge in [0.2, 0.25) is 0 Å². The monoisotopic (exact) mass is 459 g/mol. The van der Waals surface area contributed by atoms with Gasteiger partial charge in [-0.25, -0.2) is 9.79 Å². The van der Waals surface area contributed by atoms with Crippen LogP contribution in [-0.4, -0.2) is 17.7 Å². The molecule has 1 heterocycles. The second-order valence-electron chi connectivity index (χ2n) is 6.42. The predicted octanol–water partition coefficient (Wildman–Crippen LogP) is 5.64. The van der Waals surface area contributed by atoms with Crippen LogP contribution in [0.4, 0.5) is 0 Å². The van der Waals surface area contributed by atoms with E-state index in [4.69, 9.17) is 32.9 Å². The Hall–Kier alpha value is -2.46. The van der Waals surface area contributed by atoms with E-state index >= 15 is 0 Å². The summed E-state index contributed by atoms with van der Waals surface area (Å²) in [6, 6.07) is 14.2. The summed E-state index contributed by atoms with van der Waals surface area (Å²) < 4.78 is 5.24. The van der Waals surface area contributed by atoms with Crippen molar-refractivity contribution in [3.05, 3.63) is 80.5 Å². The average molecular weight is 460 g/mol. The Balaban J connectivity index is 1.96. The Morgan fingerprint density at radius 3 is 2.77 bits per heavy atom. The molecule has 1 N–H and O–H groups in total. The molecule has 0 spiro atoms. The molecular weight excluding hydrogens is 441 g/mol. The number of esters is 1. The number of nitriles is 1. The van der Waals surface area contributed by atoms with Crippen LogP contribution in [-0.2, 0) is 15.3 Å². The lowest BCUT2D eigenvalue weighted by molar-refractivity contribution is -0.138. The first kappa shape index (κ1) is 22.2. The van der Waals surface area contributed by atoms with Crippen molar-refractivity contribution >= 4 is 46.1 Å². The fraction of sp³-hybridized carbons (Fsp3) is 0.227. The van der Waals surface area contributed by atoms with Crippen molar-refractivity contribution in [3.8, 4) is 6.07 Å². The molecule has 1 aliphatic rings. The van der Waals surface area contributed by atoms with Gasteiger partial charge >= 0.3 is 5.97 Å². The van der Waals surface area contributed by atoms with Crippen LogP contribution < -0.4 is 5.32 Å².